The highest BCUT2D eigenvalue weighted by Gasteiger charge is 2.27. The zero-order valence-electron chi connectivity index (χ0n) is 14.8. The lowest BCUT2D eigenvalue weighted by Crippen LogP contribution is -2.44. The molecule has 0 aliphatic carbocycles. The van der Waals surface area contributed by atoms with Gasteiger partial charge >= 0.3 is 0 Å². The van der Waals surface area contributed by atoms with E-state index in [4.69, 9.17) is 5.73 Å². The first-order valence-corrected chi connectivity index (χ1v) is 8.40. The number of rotatable bonds is 8. The molecule has 0 saturated carbocycles. The number of benzene rings is 1. The van der Waals surface area contributed by atoms with E-state index in [1.54, 1.807) is 0 Å². The number of anilines is 1. The van der Waals surface area contributed by atoms with Gasteiger partial charge in [0.2, 0.25) is 0 Å². The molecule has 21 heavy (non-hydrogen) atoms. The van der Waals surface area contributed by atoms with Crippen LogP contribution in [0.1, 0.15) is 59.9 Å². The maximum atomic E-state index is 5.82. The second-order valence-corrected chi connectivity index (χ2v) is 7.30. The van der Waals surface area contributed by atoms with Gasteiger partial charge in [0.05, 0.1) is 0 Å². The Balaban J connectivity index is 2.91. The third-order valence-corrected chi connectivity index (χ3v) is 4.35. The summed E-state index contributed by atoms with van der Waals surface area (Å²) in [5, 5.41) is 0. The molecule has 0 amide bonds. The predicted molar refractivity (Wildman–Crippen MR) is 94.7 cm³/mol. The van der Waals surface area contributed by atoms with E-state index in [1.165, 1.54) is 24.9 Å². The molecule has 0 aliphatic heterocycles. The summed E-state index contributed by atoms with van der Waals surface area (Å²) >= 11 is 0. The molecule has 0 bridgehead atoms. The SMILES string of the molecule is CCC(CC)N(CC(C)C)CC(C)(C)c1ccc(N)cc1. The van der Waals surface area contributed by atoms with Crippen LogP contribution in [0.3, 0.4) is 0 Å². The van der Waals surface area contributed by atoms with Crippen LogP contribution in [0.4, 0.5) is 5.69 Å². The number of hydrogen-bond donors (Lipinski definition) is 1. The highest BCUT2D eigenvalue weighted by molar-refractivity contribution is 5.41. The standard InChI is InChI=1S/C19H34N2/c1-7-18(8-2)21(13-15(3)4)14-19(5,6)16-9-11-17(20)12-10-16/h9-12,15,18H,7-8,13-14,20H2,1-6H3. The Hall–Kier alpha value is -1.02. The maximum Gasteiger partial charge on any atom is 0.0314 e. The van der Waals surface area contributed by atoms with Crippen LogP contribution in [-0.4, -0.2) is 24.0 Å². The normalized spacial score (nSPS) is 12.6. The fourth-order valence-electron chi connectivity index (χ4n) is 3.15. The first-order chi connectivity index (χ1) is 9.80. The first kappa shape index (κ1) is 18.0. The first-order valence-electron chi connectivity index (χ1n) is 8.40. The van der Waals surface area contributed by atoms with E-state index in [1.807, 2.05) is 12.1 Å². The van der Waals surface area contributed by atoms with E-state index in [-0.39, 0.29) is 5.41 Å². The highest BCUT2D eigenvalue weighted by atomic mass is 15.2. The van der Waals surface area contributed by atoms with E-state index < -0.39 is 0 Å². The summed E-state index contributed by atoms with van der Waals surface area (Å²) in [6, 6.07) is 9.06. The van der Waals surface area contributed by atoms with Crippen molar-refractivity contribution in [1.82, 2.24) is 4.90 Å². The summed E-state index contributed by atoms with van der Waals surface area (Å²) in [7, 11) is 0. The summed E-state index contributed by atoms with van der Waals surface area (Å²) in [6.07, 6.45) is 2.45. The molecular formula is C19H34N2. The second kappa shape index (κ2) is 7.84. The van der Waals surface area contributed by atoms with Crippen LogP contribution in [0.5, 0.6) is 0 Å². The monoisotopic (exact) mass is 290 g/mol. The molecule has 0 heterocycles. The Morgan fingerprint density at radius 1 is 1.05 bits per heavy atom. The molecule has 0 aliphatic rings. The Labute approximate surface area is 131 Å². The van der Waals surface area contributed by atoms with E-state index in [9.17, 15) is 0 Å². The summed E-state index contributed by atoms with van der Waals surface area (Å²) in [4.78, 5) is 2.68. The minimum Gasteiger partial charge on any atom is -0.399 e. The molecule has 0 fully saturated rings. The smallest absolute Gasteiger partial charge is 0.0314 e. The molecule has 1 aromatic carbocycles. The molecular weight excluding hydrogens is 256 g/mol. The Kier molecular flexibility index (Phi) is 6.73. The Bertz CT molecular complexity index is 402. The van der Waals surface area contributed by atoms with Crippen molar-refractivity contribution in [3.05, 3.63) is 29.8 Å². The molecule has 0 aromatic heterocycles. The topological polar surface area (TPSA) is 29.3 Å². The minimum absolute atomic E-state index is 0.144. The van der Waals surface area contributed by atoms with Gasteiger partial charge in [0.15, 0.2) is 0 Å². The van der Waals surface area contributed by atoms with Crippen LogP contribution >= 0.6 is 0 Å². The van der Waals surface area contributed by atoms with Crippen molar-refractivity contribution in [2.45, 2.75) is 65.8 Å². The van der Waals surface area contributed by atoms with Crippen molar-refractivity contribution >= 4 is 5.69 Å². The average molecular weight is 290 g/mol. The van der Waals surface area contributed by atoms with Gasteiger partial charge < -0.3 is 5.73 Å². The van der Waals surface area contributed by atoms with Crippen LogP contribution in [0.2, 0.25) is 0 Å². The van der Waals surface area contributed by atoms with E-state index >= 15 is 0 Å². The van der Waals surface area contributed by atoms with Crippen molar-refractivity contribution < 1.29 is 0 Å². The van der Waals surface area contributed by atoms with Gasteiger partial charge in [-0.3, -0.25) is 4.90 Å². The summed E-state index contributed by atoms with van der Waals surface area (Å²) in [5.41, 5.74) is 8.17. The zero-order chi connectivity index (χ0) is 16.0. The van der Waals surface area contributed by atoms with Crippen molar-refractivity contribution in [3.63, 3.8) is 0 Å². The van der Waals surface area contributed by atoms with Crippen molar-refractivity contribution in [3.8, 4) is 0 Å². The molecule has 2 N–H and O–H groups in total. The van der Waals surface area contributed by atoms with Crippen LogP contribution < -0.4 is 5.73 Å². The molecule has 0 radical (unpaired) electrons. The lowest BCUT2D eigenvalue weighted by Gasteiger charge is -2.38. The maximum absolute atomic E-state index is 5.82. The highest BCUT2D eigenvalue weighted by Crippen LogP contribution is 2.27. The number of nitrogens with two attached hydrogens (primary N) is 1. The number of nitrogen functional groups attached to an aromatic ring is 1. The van der Waals surface area contributed by atoms with Crippen LogP contribution in [0, 0.1) is 5.92 Å². The fraction of sp³-hybridized carbons (Fsp3) is 0.684. The zero-order valence-corrected chi connectivity index (χ0v) is 14.8. The lowest BCUT2D eigenvalue weighted by molar-refractivity contribution is 0.136. The quantitative estimate of drug-likeness (QED) is 0.704. The molecule has 2 nitrogen and oxygen atoms in total. The molecule has 1 rings (SSSR count). The predicted octanol–water partition coefficient (Wildman–Crippen LogP) is 4.69. The summed E-state index contributed by atoms with van der Waals surface area (Å²) in [5.74, 6) is 0.702. The van der Waals surface area contributed by atoms with Crippen molar-refractivity contribution in [2.24, 2.45) is 5.92 Å². The minimum atomic E-state index is 0.144. The van der Waals surface area contributed by atoms with Gasteiger partial charge in [-0.15, -0.1) is 0 Å². The molecule has 2 heteroatoms. The van der Waals surface area contributed by atoms with Gasteiger partial charge in [0.1, 0.15) is 0 Å². The summed E-state index contributed by atoms with van der Waals surface area (Å²) in [6.45, 7) is 16.2. The van der Waals surface area contributed by atoms with Crippen molar-refractivity contribution in [2.75, 3.05) is 18.8 Å². The molecule has 0 unspecified atom stereocenters. The van der Waals surface area contributed by atoms with Gasteiger partial charge in [-0.1, -0.05) is 53.7 Å². The van der Waals surface area contributed by atoms with Crippen LogP contribution in [-0.2, 0) is 5.41 Å². The van der Waals surface area contributed by atoms with E-state index in [0.29, 0.717) is 12.0 Å². The fourth-order valence-corrected chi connectivity index (χ4v) is 3.15. The van der Waals surface area contributed by atoms with Gasteiger partial charge in [-0.2, -0.15) is 0 Å². The van der Waals surface area contributed by atoms with E-state index in [2.05, 4.69) is 58.6 Å². The number of nitrogens with zero attached hydrogens (tertiary/aromatic N) is 1. The van der Waals surface area contributed by atoms with Crippen LogP contribution in [0.25, 0.3) is 0 Å². The van der Waals surface area contributed by atoms with Gasteiger partial charge in [0.25, 0.3) is 0 Å². The number of hydrogen-bond acceptors (Lipinski definition) is 2. The third-order valence-electron chi connectivity index (χ3n) is 4.35. The molecule has 0 saturated heterocycles. The van der Waals surface area contributed by atoms with Gasteiger partial charge in [-0.05, 0) is 36.5 Å². The molecule has 0 atom stereocenters. The molecule has 0 spiro atoms. The van der Waals surface area contributed by atoms with E-state index in [0.717, 1.165) is 12.2 Å². The average Bonchev–Trinajstić information content (AvgIpc) is 2.39. The lowest BCUT2D eigenvalue weighted by atomic mass is 9.83. The van der Waals surface area contributed by atoms with Gasteiger partial charge in [0, 0.05) is 30.2 Å². The second-order valence-electron chi connectivity index (χ2n) is 7.30. The molecule has 1 aromatic rings. The summed E-state index contributed by atoms with van der Waals surface area (Å²) < 4.78 is 0. The molecule has 120 valence electrons. The Morgan fingerprint density at radius 3 is 2.00 bits per heavy atom. The van der Waals surface area contributed by atoms with Crippen LogP contribution in [0.15, 0.2) is 24.3 Å². The van der Waals surface area contributed by atoms with Crippen molar-refractivity contribution in [1.29, 1.82) is 0 Å². The van der Waals surface area contributed by atoms with Gasteiger partial charge in [-0.25, -0.2) is 0 Å². The Morgan fingerprint density at radius 2 is 1.57 bits per heavy atom. The largest absolute Gasteiger partial charge is 0.399 e. The third kappa shape index (κ3) is 5.35.